The van der Waals surface area contributed by atoms with Gasteiger partial charge in [0.05, 0.1) is 18.9 Å². The molecule has 170 valence electrons. The number of halogens is 1. The van der Waals surface area contributed by atoms with Crippen LogP contribution in [0.2, 0.25) is 0 Å². The van der Waals surface area contributed by atoms with Crippen LogP contribution in [0.25, 0.3) is 0 Å². The van der Waals surface area contributed by atoms with Crippen molar-refractivity contribution in [2.24, 2.45) is 5.10 Å². The fourth-order valence-corrected chi connectivity index (χ4v) is 3.14. The van der Waals surface area contributed by atoms with E-state index in [1.807, 2.05) is 32.0 Å². The van der Waals surface area contributed by atoms with Crippen molar-refractivity contribution in [3.05, 3.63) is 87.4 Å². The van der Waals surface area contributed by atoms with Crippen LogP contribution in [0.3, 0.4) is 0 Å². The first kappa shape index (κ1) is 24.0. The lowest BCUT2D eigenvalue weighted by molar-refractivity contribution is -0.123. The Morgan fingerprint density at radius 3 is 2.39 bits per heavy atom. The first-order chi connectivity index (χ1) is 15.9. The molecule has 0 aliphatic rings. The third kappa shape index (κ3) is 6.92. The maximum Gasteiger partial charge on any atom is 0.343 e. The molecule has 0 saturated carbocycles. The average molecular weight is 511 g/mol. The van der Waals surface area contributed by atoms with Crippen molar-refractivity contribution >= 4 is 34.0 Å². The average Bonchev–Trinajstić information content (AvgIpc) is 2.81. The summed E-state index contributed by atoms with van der Waals surface area (Å²) in [6.45, 7) is 3.80. The van der Waals surface area contributed by atoms with Crippen molar-refractivity contribution in [3.63, 3.8) is 0 Å². The van der Waals surface area contributed by atoms with Crippen LogP contribution in [-0.2, 0) is 4.79 Å². The van der Waals surface area contributed by atoms with Crippen LogP contribution in [0, 0.1) is 13.8 Å². The largest absolute Gasteiger partial charge is 0.497 e. The third-order valence-corrected chi connectivity index (χ3v) is 5.23. The molecule has 0 aliphatic heterocycles. The number of rotatable bonds is 8. The Morgan fingerprint density at radius 2 is 1.70 bits per heavy atom. The molecule has 0 heterocycles. The second-order valence-electron chi connectivity index (χ2n) is 7.13. The van der Waals surface area contributed by atoms with E-state index in [-0.39, 0.29) is 6.61 Å². The van der Waals surface area contributed by atoms with E-state index < -0.39 is 11.9 Å². The van der Waals surface area contributed by atoms with Crippen LogP contribution < -0.4 is 19.6 Å². The first-order valence-electron chi connectivity index (χ1n) is 10.0. The van der Waals surface area contributed by atoms with E-state index in [0.717, 1.165) is 15.6 Å². The summed E-state index contributed by atoms with van der Waals surface area (Å²) in [5, 5.41) is 3.96. The number of benzene rings is 3. The van der Waals surface area contributed by atoms with Crippen molar-refractivity contribution in [3.8, 4) is 17.2 Å². The van der Waals surface area contributed by atoms with E-state index in [4.69, 9.17) is 14.2 Å². The van der Waals surface area contributed by atoms with E-state index in [9.17, 15) is 9.59 Å². The number of nitrogens with zero attached hydrogens (tertiary/aromatic N) is 1. The quantitative estimate of drug-likeness (QED) is 0.203. The maximum absolute atomic E-state index is 12.5. The number of carbonyl (C=O) groups excluding carboxylic acids is 2. The SMILES string of the molecule is COc1ccc(C(=O)Oc2ccc(Br)cc2/C=N/NC(=O)COc2ccc(C)c(C)c2)cc1. The number of carbonyl (C=O) groups is 2. The normalized spacial score (nSPS) is 10.7. The lowest BCUT2D eigenvalue weighted by Gasteiger charge is -2.09. The molecule has 0 atom stereocenters. The summed E-state index contributed by atoms with van der Waals surface area (Å²) in [6.07, 6.45) is 1.40. The third-order valence-electron chi connectivity index (χ3n) is 4.74. The number of hydrazone groups is 1. The molecule has 0 bridgehead atoms. The molecule has 1 N–H and O–H groups in total. The highest BCUT2D eigenvalue weighted by atomic mass is 79.9. The van der Waals surface area contributed by atoms with Gasteiger partial charge in [-0.15, -0.1) is 0 Å². The molecule has 0 fully saturated rings. The van der Waals surface area contributed by atoms with Gasteiger partial charge in [-0.1, -0.05) is 22.0 Å². The van der Waals surface area contributed by atoms with Crippen LogP contribution in [-0.4, -0.2) is 31.8 Å². The molecule has 7 nitrogen and oxygen atoms in total. The molecule has 3 aromatic carbocycles. The van der Waals surface area contributed by atoms with Gasteiger partial charge in [-0.2, -0.15) is 5.10 Å². The van der Waals surface area contributed by atoms with Crippen LogP contribution in [0.4, 0.5) is 0 Å². The molecule has 8 heteroatoms. The van der Waals surface area contributed by atoms with Crippen molar-refractivity contribution in [2.45, 2.75) is 13.8 Å². The minimum absolute atomic E-state index is 0.183. The number of methoxy groups -OCH3 is 1. The van der Waals surface area contributed by atoms with Crippen molar-refractivity contribution < 1.29 is 23.8 Å². The number of hydrogen-bond donors (Lipinski definition) is 1. The zero-order chi connectivity index (χ0) is 23.8. The minimum Gasteiger partial charge on any atom is -0.497 e. The van der Waals surface area contributed by atoms with Gasteiger partial charge in [0.2, 0.25) is 0 Å². The zero-order valence-electron chi connectivity index (χ0n) is 18.4. The molecule has 0 aliphatic carbocycles. The number of ether oxygens (including phenoxy) is 3. The zero-order valence-corrected chi connectivity index (χ0v) is 20.0. The number of hydrogen-bond acceptors (Lipinski definition) is 6. The monoisotopic (exact) mass is 510 g/mol. The Kier molecular flexibility index (Phi) is 8.21. The molecule has 0 aromatic heterocycles. The van der Waals surface area contributed by atoms with E-state index in [0.29, 0.717) is 28.4 Å². The van der Waals surface area contributed by atoms with Crippen LogP contribution >= 0.6 is 15.9 Å². The molecular weight excluding hydrogens is 488 g/mol. The van der Waals surface area contributed by atoms with Gasteiger partial charge in [0, 0.05) is 10.0 Å². The molecule has 0 saturated heterocycles. The Hall–Kier alpha value is -3.65. The van der Waals surface area contributed by atoms with Gasteiger partial charge in [-0.25, -0.2) is 10.2 Å². The highest BCUT2D eigenvalue weighted by Gasteiger charge is 2.12. The predicted octanol–water partition coefficient (Wildman–Crippen LogP) is 4.82. The molecular formula is C25H23BrN2O5. The highest BCUT2D eigenvalue weighted by molar-refractivity contribution is 9.10. The van der Waals surface area contributed by atoms with E-state index in [1.54, 1.807) is 49.6 Å². The van der Waals surface area contributed by atoms with Crippen LogP contribution in [0.5, 0.6) is 17.2 Å². The van der Waals surface area contributed by atoms with Gasteiger partial charge in [-0.05, 0) is 79.6 Å². The van der Waals surface area contributed by atoms with E-state index in [1.165, 1.54) is 6.21 Å². The summed E-state index contributed by atoms with van der Waals surface area (Å²) in [5.41, 5.74) is 5.51. The van der Waals surface area contributed by atoms with Gasteiger partial charge in [0.15, 0.2) is 6.61 Å². The van der Waals surface area contributed by atoms with Gasteiger partial charge in [0.1, 0.15) is 17.2 Å². The second kappa shape index (κ2) is 11.3. The number of esters is 1. The van der Waals surface area contributed by atoms with Gasteiger partial charge >= 0.3 is 5.97 Å². The minimum atomic E-state index is -0.527. The van der Waals surface area contributed by atoms with Crippen molar-refractivity contribution in [2.75, 3.05) is 13.7 Å². The molecule has 0 unspecified atom stereocenters. The summed E-state index contributed by atoms with van der Waals surface area (Å²) >= 11 is 3.38. The smallest absolute Gasteiger partial charge is 0.343 e. The molecule has 1 amide bonds. The Labute approximate surface area is 200 Å². The van der Waals surface area contributed by atoms with Crippen molar-refractivity contribution in [1.29, 1.82) is 0 Å². The van der Waals surface area contributed by atoms with Crippen LogP contribution in [0.15, 0.2) is 70.2 Å². The van der Waals surface area contributed by atoms with Gasteiger partial charge in [-0.3, -0.25) is 4.79 Å². The van der Waals surface area contributed by atoms with Crippen molar-refractivity contribution in [1.82, 2.24) is 5.43 Å². The standard InChI is InChI=1S/C25H23BrN2O5/c1-16-4-8-22(12-17(16)2)32-15-24(29)28-27-14-19-13-20(26)7-11-23(19)33-25(30)18-5-9-21(31-3)10-6-18/h4-14H,15H2,1-3H3,(H,28,29)/b27-14+. The lowest BCUT2D eigenvalue weighted by atomic mass is 10.1. The van der Waals surface area contributed by atoms with Gasteiger partial charge < -0.3 is 14.2 Å². The predicted molar refractivity (Wildman–Crippen MR) is 129 cm³/mol. The molecule has 0 spiro atoms. The number of nitrogens with one attached hydrogen (secondary N) is 1. The molecule has 0 radical (unpaired) electrons. The molecule has 3 rings (SSSR count). The maximum atomic E-state index is 12.5. The number of aryl methyl sites for hydroxylation is 2. The fourth-order valence-electron chi connectivity index (χ4n) is 2.76. The molecule has 3 aromatic rings. The fraction of sp³-hybridized carbons (Fsp3) is 0.160. The van der Waals surface area contributed by atoms with Gasteiger partial charge in [0.25, 0.3) is 5.91 Å². The first-order valence-corrected chi connectivity index (χ1v) is 10.8. The summed E-state index contributed by atoms with van der Waals surface area (Å²) in [6, 6.07) is 17.3. The summed E-state index contributed by atoms with van der Waals surface area (Å²) < 4.78 is 16.9. The van der Waals surface area contributed by atoms with Crippen LogP contribution in [0.1, 0.15) is 27.0 Å². The second-order valence-corrected chi connectivity index (χ2v) is 8.04. The summed E-state index contributed by atoms with van der Waals surface area (Å²) in [4.78, 5) is 24.6. The Bertz CT molecular complexity index is 1180. The molecule has 33 heavy (non-hydrogen) atoms. The Morgan fingerprint density at radius 1 is 0.970 bits per heavy atom. The van der Waals surface area contributed by atoms with E-state index in [2.05, 4.69) is 26.5 Å². The highest BCUT2D eigenvalue weighted by Crippen LogP contribution is 2.23. The summed E-state index contributed by atoms with van der Waals surface area (Å²) in [5.74, 6) is 0.595. The topological polar surface area (TPSA) is 86.2 Å². The van der Waals surface area contributed by atoms with E-state index >= 15 is 0 Å². The number of amides is 1. The summed E-state index contributed by atoms with van der Waals surface area (Å²) in [7, 11) is 1.55. The Balaban J connectivity index is 1.61. The lowest BCUT2D eigenvalue weighted by Crippen LogP contribution is -2.24.